The number of nitrogens with zero attached hydrogens (tertiary/aromatic N) is 2. The molecule has 1 aliphatic heterocycles. The molecule has 0 bridgehead atoms. The average molecular weight is 210 g/mol. The quantitative estimate of drug-likeness (QED) is 0.816. The molecule has 1 saturated heterocycles. The Kier molecular flexibility index (Phi) is 3.38. The monoisotopic (exact) mass is 210 g/mol. The first-order valence-corrected chi connectivity index (χ1v) is 5.57. The first-order valence-electron chi connectivity index (χ1n) is 5.57. The van der Waals surface area contributed by atoms with E-state index in [0.717, 1.165) is 25.3 Å². The molecule has 0 amide bonds. The van der Waals surface area contributed by atoms with Crippen LogP contribution in [0.4, 0.5) is 0 Å². The van der Waals surface area contributed by atoms with Gasteiger partial charge < -0.3 is 9.63 Å². The van der Waals surface area contributed by atoms with Gasteiger partial charge in [0.2, 0.25) is 0 Å². The topological polar surface area (TPSA) is 49.5 Å². The van der Waals surface area contributed by atoms with E-state index in [9.17, 15) is 5.11 Å². The minimum absolute atomic E-state index is 0.217. The van der Waals surface area contributed by atoms with Crippen LogP contribution in [-0.4, -0.2) is 33.9 Å². The lowest BCUT2D eigenvalue weighted by molar-refractivity contribution is 0.125. The van der Waals surface area contributed by atoms with Gasteiger partial charge in [-0.2, -0.15) is 0 Å². The summed E-state index contributed by atoms with van der Waals surface area (Å²) in [6, 6.07) is 2.40. The summed E-state index contributed by atoms with van der Waals surface area (Å²) in [7, 11) is 0. The van der Waals surface area contributed by atoms with E-state index in [0.29, 0.717) is 6.04 Å². The van der Waals surface area contributed by atoms with Crippen molar-refractivity contribution in [2.45, 2.75) is 44.9 Å². The number of likely N-dealkylation sites (tertiary alicyclic amines) is 1. The Labute approximate surface area is 89.9 Å². The van der Waals surface area contributed by atoms with Gasteiger partial charge in [0.25, 0.3) is 0 Å². The van der Waals surface area contributed by atoms with Gasteiger partial charge in [-0.15, -0.1) is 0 Å². The molecule has 1 aliphatic rings. The van der Waals surface area contributed by atoms with Gasteiger partial charge in [0.05, 0.1) is 18.8 Å². The Bertz CT molecular complexity index is 285. The molecule has 4 nitrogen and oxygen atoms in total. The number of aliphatic hydroxyl groups is 1. The lowest BCUT2D eigenvalue weighted by atomic mass is 10.1. The molecular formula is C11H18N2O2. The highest BCUT2D eigenvalue weighted by molar-refractivity contribution is 4.95. The molecule has 0 spiro atoms. The molecular weight excluding hydrogens is 192 g/mol. The molecule has 4 heteroatoms. The predicted octanol–water partition coefficient (Wildman–Crippen LogP) is 1.41. The Morgan fingerprint density at radius 2 is 2.60 bits per heavy atom. The highest BCUT2D eigenvalue weighted by Gasteiger charge is 2.26. The zero-order valence-corrected chi connectivity index (χ0v) is 9.09. The third-order valence-electron chi connectivity index (χ3n) is 2.96. The van der Waals surface area contributed by atoms with Crippen LogP contribution < -0.4 is 0 Å². The van der Waals surface area contributed by atoms with Crippen LogP contribution in [0.3, 0.4) is 0 Å². The molecule has 1 N–H and O–H groups in total. The number of aromatic nitrogens is 1. The van der Waals surface area contributed by atoms with E-state index in [2.05, 4.69) is 10.1 Å². The van der Waals surface area contributed by atoms with E-state index in [1.165, 1.54) is 12.8 Å². The van der Waals surface area contributed by atoms with Crippen LogP contribution in [-0.2, 0) is 6.54 Å². The molecule has 1 aromatic heterocycles. The van der Waals surface area contributed by atoms with E-state index in [4.69, 9.17) is 4.52 Å². The molecule has 0 radical (unpaired) electrons. The smallest absolute Gasteiger partial charge is 0.150 e. The average Bonchev–Trinajstić information content (AvgIpc) is 2.78. The maximum Gasteiger partial charge on any atom is 0.150 e. The second-order valence-electron chi connectivity index (χ2n) is 4.33. The standard InChI is InChI=1S/C11H18N2O2/c1-9(14)7-10-3-2-6-13(10)8-11-4-5-12-15-11/h4-5,9-10,14H,2-3,6-8H2,1H3. The van der Waals surface area contributed by atoms with Crippen molar-refractivity contribution in [3.05, 3.63) is 18.0 Å². The summed E-state index contributed by atoms with van der Waals surface area (Å²) in [5.41, 5.74) is 0. The summed E-state index contributed by atoms with van der Waals surface area (Å²) in [5.74, 6) is 0.910. The fourth-order valence-corrected chi connectivity index (χ4v) is 2.29. The van der Waals surface area contributed by atoms with Crippen LogP contribution >= 0.6 is 0 Å². The molecule has 0 saturated carbocycles. The van der Waals surface area contributed by atoms with Crippen molar-refractivity contribution >= 4 is 0 Å². The third kappa shape index (κ3) is 2.79. The summed E-state index contributed by atoms with van der Waals surface area (Å²) in [6.07, 6.45) is 4.71. The van der Waals surface area contributed by atoms with Crippen LogP contribution in [0.5, 0.6) is 0 Å². The van der Waals surface area contributed by atoms with Gasteiger partial charge in [0, 0.05) is 12.1 Å². The zero-order chi connectivity index (χ0) is 10.7. The van der Waals surface area contributed by atoms with Gasteiger partial charge in [0.15, 0.2) is 5.76 Å². The minimum atomic E-state index is -0.217. The molecule has 0 aromatic carbocycles. The van der Waals surface area contributed by atoms with Crippen LogP contribution in [0.15, 0.2) is 16.8 Å². The Morgan fingerprint density at radius 1 is 1.73 bits per heavy atom. The van der Waals surface area contributed by atoms with E-state index in [1.807, 2.05) is 13.0 Å². The van der Waals surface area contributed by atoms with E-state index >= 15 is 0 Å². The van der Waals surface area contributed by atoms with Crippen LogP contribution in [0.25, 0.3) is 0 Å². The van der Waals surface area contributed by atoms with Crippen molar-refractivity contribution in [3.63, 3.8) is 0 Å². The SMILES string of the molecule is CC(O)CC1CCCN1Cc1ccno1. The lowest BCUT2D eigenvalue weighted by Gasteiger charge is -2.24. The van der Waals surface area contributed by atoms with E-state index in [1.54, 1.807) is 6.20 Å². The molecule has 84 valence electrons. The van der Waals surface area contributed by atoms with Gasteiger partial charge in [-0.25, -0.2) is 0 Å². The van der Waals surface area contributed by atoms with Crippen molar-refractivity contribution in [2.75, 3.05) is 6.54 Å². The highest BCUT2D eigenvalue weighted by Crippen LogP contribution is 2.23. The number of hydrogen-bond acceptors (Lipinski definition) is 4. The lowest BCUT2D eigenvalue weighted by Crippen LogP contribution is -2.31. The fraction of sp³-hybridized carbons (Fsp3) is 0.727. The summed E-state index contributed by atoms with van der Waals surface area (Å²) in [5, 5.41) is 13.1. The Hall–Kier alpha value is -0.870. The number of aliphatic hydroxyl groups excluding tert-OH is 1. The molecule has 2 heterocycles. The minimum Gasteiger partial charge on any atom is -0.393 e. The van der Waals surface area contributed by atoms with Crippen molar-refractivity contribution in [1.82, 2.24) is 10.1 Å². The summed E-state index contributed by atoms with van der Waals surface area (Å²) in [4.78, 5) is 2.37. The molecule has 2 rings (SSSR count). The molecule has 2 unspecified atom stereocenters. The summed E-state index contributed by atoms with van der Waals surface area (Å²) in [6.45, 7) is 3.76. The summed E-state index contributed by atoms with van der Waals surface area (Å²) < 4.78 is 5.09. The van der Waals surface area contributed by atoms with Gasteiger partial charge in [-0.3, -0.25) is 4.90 Å². The Balaban J connectivity index is 1.90. The van der Waals surface area contributed by atoms with Crippen molar-refractivity contribution < 1.29 is 9.63 Å². The van der Waals surface area contributed by atoms with Crippen molar-refractivity contribution in [1.29, 1.82) is 0 Å². The highest BCUT2D eigenvalue weighted by atomic mass is 16.5. The van der Waals surface area contributed by atoms with Crippen LogP contribution in [0, 0.1) is 0 Å². The molecule has 2 atom stereocenters. The largest absolute Gasteiger partial charge is 0.393 e. The number of rotatable bonds is 4. The third-order valence-corrected chi connectivity index (χ3v) is 2.96. The molecule has 1 aromatic rings. The molecule has 1 fully saturated rings. The summed E-state index contributed by atoms with van der Waals surface area (Å²) >= 11 is 0. The second kappa shape index (κ2) is 4.77. The second-order valence-corrected chi connectivity index (χ2v) is 4.33. The van der Waals surface area contributed by atoms with Gasteiger partial charge in [-0.05, 0) is 32.7 Å². The van der Waals surface area contributed by atoms with Crippen molar-refractivity contribution in [3.8, 4) is 0 Å². The molecule has 0 aliphatic carbocycles. The first-order chi connectivity index (χ1) is 7.25. The number of hydrogen-bond donors (Lipinski definition) is 1. The predicted molar refractivity (Wildman–Crippen MR) is 56.2 cm³/mol. The van der Waals surface area contributed by atoms with Crippen molar-refractivity contribution in [2.24, 2.45) is 0 Å². The maximum atomic E-state index is 9.39. The zero-order valence-electron chi connectivity index (χ0n) is 9.09. The normalized spacial score (nSPS) is 24.5. The van der Waals surface area contributed by atoms with Gasteiger partial charge >= 0.3 is 0 Å². The fourth-order valence-electron chi connectivity index (χ4n) is 2.29. The van der Waals surface area contributed by atoms with Gasteiger partial charge in [-0.1, -0.05) is 5.16 Å². The van der Waals surface area contributed by atoms with Crippen LogP contribution in [0.2, 0.25) is 0 Å². The van der Waals surface area contributed by atoms with E-state index < -0.39 is 0 Å². The van der Waals surface area contributed by atoms with E-state index in [-0.39, 0.29) is 6.10 Å². The Morgan fingerprint density at radius 3 is 3.27 bits per heavy atom. The maximum absolute atomic E-state index is 9.39. The molecule has 15 heavy (non-hydrogen) atoms. The van der Waals surface area contributed by atoms with Crippen LogP contribution in [0.1, 0.15) is 31.9 Å². The van der Waals surface area contributed by atoms with Gasteiger partial charge in [0.1, 0.15) is 0 Å². The first kappa shape index (κ1) is 10.6.